The second kappa shape index (κ2) is 4.65. The zero-order chi connectivity index (χ0) is 13.4. The number of halogens is 1. The average molecular weight is 309 g/mol. The van der Waals surface area contributed by atoms with Crippen LogP contribution in [0.15, 0.2) is 16.6 Å². The van der Waals surface area contributed by atoms with Gasteiger partial charge in [0.15, 0.2) is 5.82 Å². The molecule has 5 heteroatoms. The molecule has 1 aromatic carbocycles. The molecule has 0 spiro atoms. The van der Waals surface area contributed by atoms with Crippen LogP contribution in [0, 0.1) is 20.8 Å². The SMILES string of the molecule is Cc1cc(Br)cc(C)c1Nc1c(N)c(C)nn1C. The molecule has 18 heavy (non-hydrogen) atoms. The van der Waals surface area contributed by atoms with Crippen molar-refractivity contribution in [1.29, 1.82) is 0 Å². The Balaban J connectivity index is 2.46. The van der Waals surface area contributed by atoms with Crippen LogP contribution in [-0.4, -0.2) is 9.78 Å². The van der Waals surface area contributed by atoms with E-state index in [-0.39, 0.29) is 0 Å². The first-order valence-electron chi connectivity index (χ1n) is 5.73. The molecular weight excluding hydrogens is 292 g/mol. The van der Waals surface area contributed by atoms with Crippen LogP contribution in [0.25, 0.3) is 0 Å². The van der Waals surface area contributed by atoms with E-state index in [0.717, 1.165) is 21.7 Å². The van der Waals surface area contributed by atoms with E-state index in [0.29, 0.717) is 5.69 Å². The highest BCUT2D eigenvalue weighted by Gasteiger charge is 2.12. The first kappa shape index (κ1) is 13.0. The molecule has 0 saturated carbocycles. The molecule has 2 rings (SSSR count). The monoisotopic (exact) mass is 308 g/mol. The van der Waals surface area contributed by atoms with Crippen molar-refractivity contribution in [3.8, 4) is 0 Å². The van der Waals surface area contributed by atoms with Gasteiger partial charge in [-0.05, 0) is 44.0 Å². The number of nitrogens with one attached hydrogen (secondary N) is 1. The molecule has 0 atom stereocenters. The van der Waals surface area contributed by atoms with Crippen molar-refractivity contribution >= 4 is 33.1 Å². The average Bonchev–Trinajstić information content (AvgIpc) is 2.48. The Morgan fingerprint density at radius 2 is 1.78 bits per heavy atom. The van der Waals surface area contributed by atoms with Crippen LogP contribution in [0.1, 0.15) is 16.8 Å². The van der Waals surface area contributed by atoms with Crippen LogP contribution >= 0.6 is 15.9 Å². The summed E-state index contributed by atoms with van der Waals surface area (Å²) in [5.41, 5.74) is 11.0. The van der Waals surface area contributed by atoms with Gasteiger partial charge in [0.1, 0.15) is 0 Å². The summed E-state index contributed by atoms with van der Waals surface area (Å²) in [5, 5.41) is 7.68. The van der Waals surface area contributed by atoms with Crippen molar-refractivity contribution in [3.63, 3.8) is 0 Å². The highest BCUT2D eigenvalue weighted by molar-refractivity contribution is 9.10. The third kappa shape index (κ3) is 2.22. The van der Waals surface area contributed by atoms with Crippen LogP contribution < -0.4 is 11.1 Å². The summed E-state index contributed by atoms with van der Waals surface area (Å²) in [6.45, 7) is 6.04. The minimum Gasteiger partial charge on any atom is -0.394 e. The Morgan fingerprint density at radius 1 is 1.22 bits per heavy atom. The molecule has 0 aliphatic carbocycles. The van der Waals surface area contributed by atoms with Gasteiger partial charge >= 0.3 is 0 Å². The summed E-state index contributed by atoms with van der Waals surface area (Å²) in [4.78, 5) is 0. The van der Waals surface area contributed by atoms with Crippen LogP contribution in [0.5, 0.6) is 0 Å². The second-order valence-corrected chi connectivity index (χ2v) is 5.43. The van der Waals surface area contributed by atoms with Crippen molar-refractivity contribution < 1.29 is 0 Å². The minimum atomic E-state index is 0.694. The molecule has 2 aromatic rings. The third-order valence-electron chi connectivity index (χ3n) is 3.01. The Labute approximate surface area is 115 Å². The maximum atomic E-state index is 6.03. The summed E-state index contributed by atoms with van der Waals surface area (Å²) < 4.78 is 2.85. The highest BCUT2D eigenvalue weighted by atomic mass is 79.9. The lowest BCUT2D eigenvalue weighted by Gasteiger charge is -2.14. The Bertz CT molecular complexity index is 578. The molecule has 96 valence electrons. The van der Waals surface area contributed by atoms with Gasteiger partial charge in [-0.2, -0.15) is 5.10 Å². The molecule has 4 nitrogen and oxygen atoms in total. The van der Waals surface area contributed by atoms with E-state index >= 15 is 0 Å². The van der Waals surface area contributed by atoms with Crippen molar-refractivity contribution in [3.05, 3.63) is 33.4 Å². The van der Waals surface area contributed by atoms with Crippen LogP contribution in [-0.2, 0) is 7.05 Å². The zero-order valence-corrected chi connectivity index (χ0v) is 12.6. The molecule has 0 bridgehead atoms. The number of aromatic nitrogens is 2. The third-order valence-corrected chi connectivity index (χ3v) is 3.47. The molecule has 0 unspecified atom stereocenters. The largest absolute Gasteiger partial charge is 0.394 e. The number of hydrogen-bond donors (Lipinski definition) is 2. The van der Waals surface area contributed by atoms with Gasteiger partial charge in [0.2, 0.25) is 0 Å². The van der Waals surface area contributed by atoms with E-state index < -0.39 is 0 Å². The number of nitrogens with zero attached hydrogens (tertiary/aromatic N) is 2. The fourth-order valence-corrected chi connectivity index (χ4v) is 2.74. The summed E-state index contributed by atoms with van der Waals surface area (Å²) >= 11 is 3.50. The number of nitrogens with two attached hydrogens (primary N) is 1. The topological polar surface area (TPSA) is 55.9 Å². The number of rotatable bonds is 2. The van der Waals surface area contributed by atoms with Crippen LogP contribution in [0.2, 0.25) is 0 Å². The lowest BCUT2D eigenvalue weighted by Crippen LogP contribution is -2.04. The first-order chi connectivity index (χ1) is 8.40. The quantitative estimate of drug-likeness (QED) is 0.893. The summed E-state index contributed by atoms with van der Waals surface area (Å²) in [6, 6.07) is 4.16. The van der Waals surface area contributed by atoms with E-state index in [1.807, 2.05) is 14.0 Å². The number of aryl methyl sites for hydroxylation is 4. The van der Waals surface area contributed by atoms with E-state index in [1.54, 1.807) is 4.68 Å². The Hall–Kier alpha value is -1.49. The number of nitrogen functional groups attached to an aromatic ring is 1. The van der Waals surface area contributed by atoms with Gasteiger partial charge in [-0.1, -0.05) is 15.9 Å². The summed E-state index contributed by atoms with van der Waals surface area (Å²) in [5.74, 6) is 0.834. The molecule has 0 saturated heterocycles. The van der Waals surface area contributed by atoms with Gasteiger partial charge in [0.25, 0.3) is 0 Å². The lowest BCUT2D eigenvalue weighted by molar-refractivity contribution is 0.764. The standard InChI is InChI=1S/C13H17BrN4/c1-7-5-10(14)6-8(2)12(7)16-13-11(15)9(3)17-18(13)4/h5-6,16H,15H2,1-4H3. The van der Waals surface area contributed by atoms with Gasteiger partial charge in [-0.25, -0.2) is 0 Å². The molecule has 1 aromatic heterocycles. The molecule has 0 fully saturated rings. The fraction of sp³-hybridized carbons (Fsp3) is 0.308. The predicted molar refractivity (Wildman–Crippen MR) is 79.3 cm³/mol. The van der Waals surface area contributed by atoms with Crippen molar-refractivity contribution in [1.82, 2.24) is 9.78 Å². The maximum Gasteiger partial charge on any atom is 0.152 e. The minimum absolute atomic E-state index is 0.694. The van der Waals surface area contributed by atoms with E-state index in [9.17, 15) is 0 Å². The first-order valence-corrected chi connectivity index (χ1v) is 6.52. The summed E-state index contributed by atoms with van der Waals surface area (Å²) in [7, 11) is 1.88. The molecule has 0 aliphatic rings. The van der Waals surface area contributed by atoms with Gasteiger partial charge in [0.05, 0.1) is 11.4 Å². The molecule has 3 N–H and O–H groups in total. The maximum absolute atomic E-state index is 6.03. The molecule has 1 heterocycles. The van der Waals surface area contributed by atoms with Gasteiger partial charge in [0, 0.05) is 17.2 Å². The predicted octanol–water partition coefficient (Wildman–Crippen LogP) is 3.43. The Morgan fingerprint density at radius 3 is 2.22 bits per heavy atom. The van der Waals surface area contributed by atoms with Crippen molar-refractivity contribution in [2.45, 2.75) is 20.8 Å². The van der Waals surface area contributed by atoms with Crippen LogP contribution in [0.3, 0.4) is 0 Å². The normalized spacial score (nSPS) is 10.7. The lowest BCUT2D eigenvalue weighted by atomic mass is 10.1. The highest BCUT2D eigenvalue weighted by Crippen LogP contribution is 2.31. The van der Waals surface area contributed by atoms with Gasteiger partial charge < -0.3 is 11.1 Å². The molecular formula is C13H17BrN4. The van der Waals surface area contributed by atoms with Crippen LogP contribution in [0.4, 0.5) is 17.2 Å². The smallest absolute Gasteiger partial charge is 0.152 e. The molecule has 0 amide bonds. The number of anilines is 3. The fourth-order valence-electron chi connectivity index (χ4n) is 2.05. The summed E-state index contributed by atoms with van der Waals surface area (Å²) in [6.07, 6.45) is 0. The van der Waals surface area contributed by atoms with Gasteiger partial charge in [-0.15, -0.1) is 0 Å². The Kier molecular flexibility index (Phi) is 3.34. The second-order valence-electron chi connectivity index (χ2n) is 4.51. The zero-order valence-electron chi connectivity index (χ0n) is 11.0. The van der Waals surface area contributed by atoms with Crippen molar-refractivity contribution in [2.24, 2.45) is 7.05 Å². The van der Waals surface area contributed by atoms with E-state index in [1.165, 1.54) is 11.1 Å². The number of hydrogen-bond acceptors (Lipinski definition) is 3. The van der Waals surface area contributed by atoms with Crippen molar-refractivity contribution in [2.75, 3.05) is 11.1 Å². The van der Waals surface area contributed by atoms with E-state index in [4.69, 9.17) is 5.73 Å². The molecule has 0 aliphatic heterocycles. The van der Waals surface area contributed by atoms with Gasteiger partial charge in [-0.3, -0.25) is 4.68 Å². The van der Waals surface area contributed by atoms with E-state index in [2.05, 4.69) is 52.3 Å². The molecule has 0 radical (unpaired) electrons. The number of benzene rings is 1.